The van der Waals surface area contributed by atoms with Crippen LogP contribution in [0, 0.1) is 0 Å². The third-order valence-electron chi connectivity index (χ3n) is 3.90. The third-order valence-corrected chi connectivity index (χ3v) is 5.10. The Morgan fingerprint density at radius 3 is 2.50 bits per heavy atom. The first kappa shape index (κ1) is 22.7. The maximum absolute atomic E-state index is 5.18. The standard InChI is InChI=1S/C19H28N4OS.HI/c1-4-17-14-23-18(25-17)11-13-22-19(20-2)21-12-5-6-15-7-9-16(24-3)10-8-15;/h7-10,14H,4-6,11-13H2,1-3H3,(H2,20,21,22);1H. The summed E-state index contributed by atoms with van der Waals surface area (Å²) in [6, 6.07) is 8.24. The molecule has 0 saturated heterocycles. The summed E-state index contributed by atoms with van der Waals surface area (Å²) in [7, 11) is 3.49. The molecule has 0 radical (unpaired) electrons. The normalized spacial score (nSPS) is 11.0. The van der Waals surface area contributed by atoms with Crippen LogP contribution in [0.2, 0.25) is 0 Å². The van der Waals surface area contributed by atoms with E-state index in [-0.39, 0.29) is 24.0 Å². The molecule has 0 bridgehead atoms. The number of hydrogen-bond donors (Lipinski definition) is 2. The largest absolute Gasteiger partial charge is 0.497 e. The molecule has 2 aromatic rings. The number of guanidine groups is 1. The molecule has 2 N–H and O–H groups in total. The van der Waals surface area contributed by atoms with Gasteiger partial charge in [0.2, 0.25) is 0 Å². The summed E-state index contributed by atoms with van der Waals surface area (Å²) in [5.41, 5.74) is 1.32. The van der Waals surface area contributed by atoms with E-state index >= 15 is 0 Å². The van der Waals surface area contributed by atoms with Gasteiger partial charge in [0.05, 0.1) is 12.1 Å². The van der Waals surface area contributed by atoms with Gasteiger partial charge in [0.25, 0.3) is 0 Å². The second kappa shape index (κ2) is 12.9. The van der Waals surface area contributed by atoms with E-state index in [0.717, 1.165) is 50.5 Å². The molecule has 1 heterocycles. The SMILES string of the molecule is CCc1cnc(CCNC(=NC)NCCCc2ccc(OC)cc2)s1.I. The van der Waals surface area contributed by atoms with E-state index in [0.29, 0.717) is 0 Å². The fraction of sp³-hybridized carbons (Fsp3) is 0.474. The minimum absolute atomic E-state index is 0. The Bertz CT molecular complexity index is 658. The molecule has 1 aromatic heterocycles. The Kier molecular flexibility index (Phi) is 11.3. The van der Waals surface area contributed by atoms with Gasteiger partial charge < -0.3 is 15.4 Å². The number of halogens is 1. The van der Waals surface area contributed by atoms with Crippen LogP contribution in [0.15, 0.2) is 35.5 Å². The molecule has 0 unspecified atom stereocenters. The van der Waals surface area contributed by atoms with Crippen LogP contribution in [0.4, 0.5) is 0 Å². The second-order valence-corrected chi connectivity index (χ2v) is 6.90. The van der Waals surface area contributed by atoms with Crippen molar-refractivity contribution in [1.29, 1.82) is 0 Å². The van der Waals surface area contributed by atoms with Crippen LogP contribution in [0.5, 0.6) is 5.75 Å². The highest BCUT2D eigenvalue weighted by Crippen LogP contribution is 2.13. The van der Waals surface area contributed by atoms with Gasteiger partial charge >= 0.3 is 0 Å². The molecular formula is C19H29IN4OS. The number of ether oxygens (including phenoxy) is 1. The van der Waals surface area contributed by atoms with E-state index in [2.05, 4.69) is 39.7 Å². The fourth-order valence-corrected chi connectivity index (χ4v) is 3.29. The first-order valence-corrected chi connectivity index (χ1v) is 9.57. The highest BCUT2D eigenvalue weighted by molar-refractivity contribution is 14.0. The van der Waals surface area contributed by atoms with Gasteiger partial charge in [-0.25, -0.2) is 4.98 Å². The van der Waals surface area contributed by atoms with Gasteiger partial charge in [0.15, 0.2) is 5.96 Å². The van der Waals surface area contributed by atoms with Crippen molar-refractivity contribution in [1.82, 2.24) is 15.6 Å². The molecular weight excluding hydrogens is 459 g/mol. The smallest absolute Gasteiger partial charge is 0.190 e. The van der Waals surface area contributed by atoms with Crippen LogP contribution < -0.4 is 15.4 Å². The molecule has 0 saturated carbocycles. The van der Waals surface area contributed by atoms with Gasteiger partial charge in [-0.2, -0.15) is 0 Å². The van der Waals surface area contributed by atoms with E-state index in [9.17, 15) is 0 Å². The van der Waals surface area contributed by atoms with Gasteiger partial charge in [-0.05, 0) is 37.0 Å². The molecule has 0 aliphatic rings. The third kappa shape index (κ3) is 7.90. The number of rotatable bonds is 9. The van der Waals surface area contributed by atoms with Gasteiger partial charge in [0.1, 0.15) is 5.75 Å². The van der Waals surface area contributed by atoms with Gasteiger partial charge in [-0.1, -0.05) is 19.1 Å². The van der Waals surface area contributed by atoms with E-state index in [1.165, 1.54) is 15.4 Å². The molecule has 0 amide bonds. The summed E-state index contributed by atoms with van der Waals surface area (Å²) in [5.74, 6) is 1.75. The molecule has 0 aliphatic heterocycles. The number of aryl methyl sites for hydroxylation is 2. The molecule has 0 atom stereocenters. The van der Waals surface area contributed by atoms with Crippen molar-refractivity contribution in [3.8, 4) is 5.75 Å². The number of aromatic nitrogens is 1. The van der Waals surface area contributed by atoms with Crippen molar-refractivity contribution < 1.29 is 4.74 Å². The van der Waals surface area contributed by atoms with Crippen LogP contribution in [-0.4, -0.2) is 38.2 Å². The Morgan fingerprint density at radius 1 is 1.15 bits per heavy atom. The topological polar surface area (TPSA) is 58.5 Å². The number of aliphatic imine (C=N–C) groups is 1. The van der Waals surface area contributed by atoms with Crippen LogP contribution in [-0.2, 0) is 19.3 Å². The average Bonchev–Trinajstić information content (AvgIpc) is 3.12. The van der Waals surface area contributed by atoms with Crippen molar-refractivity contribution in [2.24, 2.45) is 4.99 Å². The number of thiazole rings is 1. The van der Waals surface area contributed by atoms with Crippen LogP contribution >= 0.6 is 35.3 Å². The molecule has 0 spiro atoms. The van der Waals surface area contributed by atoms with E-state index in [1.54, 1.807) is 25.5 Å². The van der Waals surface area contributed by atoms with Crippen LogP contribution in [0.3, 0.4) is 0 Å². The van der Waals surface area contributed by atoms with Crippen molar-refractivity contribution in [2.45, 2.75) is 32.6 Å². The van der Waals surface area contributed by atoms with Crippen molar-refractivity contribution in [2.75, 3.05) is 27.2 Å². The first-order valence-electron chi connectivity index (χ1n) is 8.76. The molecule has 5 nitrogen and oxygen atoms in total. The predicted octanol–water partition coefficient (Wildman–Crippen LogP) is 3.67. The van der Waals surface area contributed by atoms with Gasteiger partial charge in [0, 0.05) is 37.6 Å². The van der Waals surface area contributed by atoms with Crippen molar-refractivity contribution >= 4 is 41.3 Å². The summed E-state index contributed by atoms with van der Waals surface area (Å²) in [5, 5.41) is 7.89. The van der Waals surface area contributed by atoms with Crippen LogP contribution in [0.1, 0.15) is 28.8 Å². The zero-order valence-corrected chi connectivity index (χ0v) is 18.9. The molecule has 7 heteroatoms. The summed E-state index contributed by atoms with van der Waals surface area (Å²) in [4.78, 5) is 10.1. The number of hydrogen-bond acceptors (Lipinski definition) is 4. The second-order valence-electron chi connectivity index (χ2n) is 5.70. The minimum atomic E-state index is 0. The summed E-state index contributed by atoms with van der Waals surface area (Å²) in [6.45, 7) is 3.89. The Morgan fingerprint density at radius 2 is 1.88 bits per heavy atom. The van der Waals surface area contributed by atoms with Crippen molar-refractivity contribution in [3.63, 3.8) is 0 Å². The average molecular weight is 488 g/mol. The lowest BCUT2D eigenvalue weighted by Gasteiger charge is -2.11. The van der Waals surface area contributed by atoms with Gasteiger partial charge in [-0.15, -0.1) is 35.3 Å². The maximum atomic E-state index is 5.18. The Balaban J connectivity index is 0.00000338. The highest BCUT2D eigenvalue weighted by Gasteiger charge is 2.02. The molecule has 26 heavy (non-hydrogen) atoms. The Labute approximate surface area is 177 Å². The fourth-order valence-electron chi connectivity index (χ4n) is 2.43. The number of benzene rings is 1. The first-order chi connectivity index (χ1) is 12.2. The monoisotopic (exact) mass is 488 g/mol. The number of nitrogens with zero attached hydrogens (tertiary/aromatic N) is 2. The number of nitrogens with one attached hydrogen (secondary N) is 2. The zero-order valence-electron chi connectivity index (χ0n) is 15.7. The summed E-state index contributed by atoms with van der Waals surface area (Å²) >= 11 is 1.79. The quantitative estimate of drug-likeness (QED) is 0.245. The zero-order chi connectivity index (χ0) is 17.9. The molecule has 0 aliphatic carbocycles. The highest BCUT2D eigenvalue weighted by atomic mass is 127. The lowest BCUT2D eigenvalue weighted by atomic mass is 10.1. The lowest BCUT2D eigenvalue weighted by molar-refractivity contribution is 0.414. The molecule has 0 fully saturated rings. The van der Waals surface area contributed by atoms with E-state index in [4.69, 9.17) is 4.74 Å². The molecule has 144 valence electrons. The van der Waals surface area contributed by atoms with E-state index < -0.39 is 0 Å². The minimum Gasteiger partial charge on any atom is -0.497 e. The van der Waals surface area contributed by atoms with Gasteiger partial charge in [-0.3, -0.25) is 4.99 Å². The summed E-state index contributed by atoms with van der Waals surface area (Å²) < 4.78 is 5.18. The maximum Gasteiger partial charge on any atom is 0.190 e. The molecule has 1 aromatic carbocycles. The van der Waals surface area contributed by atoms with E-state index in [1.807, 2.05) is 18.3 Å². The lowest BCUT2D eigenvalue weighted by Crippen LogP contribution is -2.38. The Hall–Kier alpha value is -1.35. The van der Waals surface area contributed by atoms with Crippen LogP contribution in [0.25, 0.3) is 0 Å². The summed E-state index contributed by atoms with van der Waals surface area (Å²) in [6.07, 6.45) is 6.05. The van der Waals surface area contributed by atoms with Crippen molar-refractivity contribution in [3.05, 3.63) is 45.9 Å². The predicted molar refractivity (Wildman–Crippen MR) is 121 cm³/mol. The number of methoxy groups -OCH3 is 1. The molecule has 2 rings (SSSR count).